The zero-order chi connectivity index (χ0) is 14.1. The first-order chi connectivity index (χ1) is 9.69. The van der Waals surface area contributed by atoms with Gasteiger partial charge >= 0.3 is 0 Å². The quantitative estimate of drug-likeness (QED) is 0.430. The molecule has 2 heterocycles. The SMILES string of the molecule is Cc1cccc2c1ccn2Cc1cc(C(=O)NN)no1. The lowest BCUT2D eigenvalue weighted by Gasteiger charge is -2.02. The highest BCUT2D eigenvalue weighted by atomic mass is 16.5. The van der Waals surface area contributed by atoms with E-state index in [1.165, 1.54) is 10.9 Å². The molecule has 0 saturated carbocycles. The molecule has 0 aliphatic carbocycles. The third-order valence-corrected chi connectivity index (χ3v) is 3.28. The molecule has 6 heteroatoms. The summed E-state index contributed by atoms with van der Waals surface area (Å²) in [4.78, 5) is 11.3. The lowest BCUT2D eigenvalue weighted by atomic mass is 10.1. The Kier molecular flexibility index (Phi) is 3.00. The van der Waals surface area contributed by atoms with Crippen molar-refractivity contribution in [3.63, 3.8) is 0 Å². The molecule has 3 rings (SSSR count). The summed E-state index contributed by atoms with van der Waals surface area (Å²) in [5.41, 5.74) is 4.54. The predicted octanol–water partition coefficient (Wildman–Crippen LogP) is 1.59. The molecule has 102 valence electrons. The van der Waals surface area contributed by atoms with E-state index < -0.39 is 5.91 Å². The van der Waals surface area contributed by atoms with Crippen LogP contribution in [0.3, 0.4) is 0 Å². The van der Waals surface area contributed by atoms with E-state index in [4.69, 9.17) is 10.4 Å². The Morgan fingerprint density at radius 2 is 2.30 bits per heavy atom. The van der Waals surface area contributed by atoms with Crippen molar-refractivity contribution in [2.24, 2.45) is 5.84 Å². The second-order valence-electron chi connectivity index (χ2n) is 4.60. The highest BCUT2D eigenvalue weighted by Gasteiger charge is 2.12. The summed E-state index contributed by atoms with van der Waals surface area (Å²) in [5.74, 6) is 5.19. The average molecular weight is 270 g/mol. The molecule has 0 unspecified atom stereocenters. The van der Waals surface area contributed by atoms with Crippen LogP contribution in [0.15, 0.2) is 41.1 Å². The van der Waals surface area contributed by atoms with Gasteiger partial charge in [0.05, 0.1) is 6.54 Å². The van der Waals surface area contributed by atoms with Crippen molar-refractivity contribution in [3.8, 4) is 0 Å². The molecule has 1 aromatic carbocycles. The Morgan fingerprint density at radius 3 is 3.10 bits per heavy atom. The maximum absolute atomic E-state index is 11.3. The summed E-state index contributed by atoms with van der Waals surface area (Å²) in [5, 5.41) is 4.89. The van der Waals surface area contributed by atoms with Gasteiger partial charge < -0.3 is 9.09 Å². The van der Waals surface area contributed by atoms with Gasteiger partial charge in [-0.2, -0.15) is 0 Å². The van der Waals surface area contributed by atoms with E-state index >= 15 is 0 Å². The number of hydrogen-bond donors (Lipinski definition) is 2. The lowest BCUT2D eigenvalue weighted by molar-refractivity contribution is 0.0944. The Hall–Kier alpha value is -2.60. The van der Waals surface area contributed by atoms with Crippen LogP contribution < -0.4 is 11.3 Å². The molecule has 0 spiro atoms. The summed E-state index contributed by atoms with van der Waals surface area (Å²) < 4.78 is 7.20. The molecule has 0 radical (unpaired) electrons. The molecule has 2 aromatic heterocycles. The van der Waals surface area contributed by atoms with Crippen LogP contribution in [0, 0.1) is 6.92 Å². The summed E-state index contributed by atoms with van der Waals surface area (Å²) in [6.45, 7) is 2.59. The van der Waals surface area contributed by atoms with Crippen molar-refractivity contribution in [1.29, 1.82) is 0 Å². The van der Waals surface area contributed by atoms with E-state index in [2.05, 4.69) is 24.2 Å². The van der Waals surface area contributed by atoms with E-state index in [0.29, 0.717) is 12.3 Å². The van der Waals surface area contributed by atoms with Gasteiger partial charge in [0, 0.05) is 23.2 Å². The van der Waals surface area contributed by atoms with Crippen LogP contribution in [0.4, 0.5) is 0 Å². The largest absolute Gasteiger partial charge is 0.359 e. The molecule has 20 heavy (non-hydrogen) atoms. The third-order valence-electron chi connectivity index (χ3n) is 3.28. The van der Waals surface area contributed by atoms with Crippen molar-refractivity contribution in [3.05, 3.63) is 53.5 Å². The van der Waals surface area contributed by atoms with Crippen LogP contribution in [0.1, 0.15) is 21.8 Å². The molecule has 1 amide bonds. The van der Waals surface area contributed by atoms with Gasteiger partial charge in [-0.25, -0.2) is 5.84 Å². The number of rotatable bonds is 3. The van der Waals surface area contributed by atoms with Gasteiger partial charge in [-0.1, -0.05) is 17.3 Å². The fourth-order valence-corrected chi connectivity index (χ4v) is 2.25. The maximum Gasteiger partial charge on any atom is 0.287 e. The first-order valence-electron chi connectivity index (χ1n) is 6.20. The van der Waals surface area contributed by atoms with Gasteiger partial charge in [0.25, 0.3) is 5.91 Å². The zero-order valence-corrected chi connectivity index (χ0v) is 11.0. The van der Waals surface area contributed by atoms with Gasteiger partial charge in [-0.15, -0.1) is 0 Å². The molecule has 0 aliphatic heterocycles. The lowest BCUT2D eigenvalue weighted by Crippen LogP contribution is -2.30. The number of benzene rings is 1. The van der Waals surface area contributed by atoms with E-state index in [9.17, 15) is 4.79 Å². The number of carbonyl (C=O) groups is 1. The number of aryl methyl sites for hydroxylation is 1. The van der Waals surface area contributed by atoms with Gasteiger partial charge in [-0.05, 0) is 24.6 Å². The molecule has 0 aliphatic rings. The number of nitrogen functional groups attached to an aromatic ring is 1. The van der Waals surface area contributed by atoms with Crippen molar-refractivity contribution in [2.75, 3.05) is 0 Å². The molecular formula is C14H14N4O2. The molecule has 0 atom stereocenters. The van der Waals surface area contributed by atoms with Gasteiger partial charge in [0.1, 0.15) is 0 Å². The molecule has 0 saturated heterocycles. The Labute approximate surface area is 115 Å². The van der Waals surface area contributed by atoms with Crippen molar-refractivity contribution in [2.45, 2.75) is 13.5 Å². The maximum atomic E-state index is 11.3. The van der Waals surface area contributed by atoms with Crippen LogP contribution in [0.2, 0.25) is 0 Å². The molecule has 3 aromatic rings. The van der Waals surface area contributed by atoms with Crippen LogP contribution in [0.5, 0.6) is 0 Å². The third kappa shape index (κ3) is 2.06. The van der Waals surface area contributed by atoms with E-state index in [-0.39, 0.29) is 5.69 Å². The van der Waals surface area contributed by atoms with Crippen LogP contribution in [-0.4, -0.2) is 15.6 Å². The minimum absolute atomic E-state index is 0.176. The van der Waals surface area contributed by atoms with Gasteiger partial charge in [0.2, 0.25) is 0 Å². The van der Waals surface area contributed by atoms with E-state index in [1.807, 2.05) is 28.3 Å². The van der Waals surface area contributed by atoms with E-state index in [1.54, 1.807) is 6.07 Å². The second-order valence-corrected chi connectivity index (χ2v) is 4.60. The zero-order valence-electron chi connectivity index (χ0n) is 11.0. The molecule has 0 bridgehead atoms. The first kappa shape index (κ1) is 12.4. The Balaban J connectivity index is 1.92. The number of nitrogens with zero attached hydrogens (tertiary/aromatic N) is 2. The number of hydrogen-bond acceptors (Lipinski definition) is 4. The summed E-state index contributed by atoms with van der Waals surface area (Å²) in [7, 11) is 0. The van der Waals surface area contributed by atoms with Gasteiger partial charge in [-0.3, -0.25) is 10.2 Å². The van der Waals surface area contributed by atoms with Crippen molar-refractivity contribution in [1.82, 2.24) is 15.1 Å². The molecule has 6 nitrogen and oxygen atoms in total. The normalized spacial score (nSPS) is 10.9. The monoisotopic (exact) mass is 270 g/mol. The number of amides is 1. The Morgan fingerprint density at radius 1 is 1.45 bits per heavy atom. The molecule has 3 N–H and O–H groups in total. The highest BCUT2D eigenvalue weighted by molar-refractivity contribution is 5.91. The fraction of sp³-hybridized carbons (Fsp3) is 0.143. The topological polar surface area (TPSA) is 86.1 Å². The summed E-state index contributed by atoms with van der Waals surface area (Å²) >= 11 is 0. The van der Waals surface area contributed by atoms with Gasteiger partial charge in [0.15, 0.2) is 11.5 Å². The number of carbonyl (C=O) groups excluding carboxylic acids is 1. The number of hydrazine groups is 1. The molecule has 0 fully saturated rings. The summed E-state index contributed by atoms with van der Waals surface area (Å²) in [6, 6.07) is 9.79. The number of aromatic nitrogens is 2. The smallest absolute Gasteiger partial charge is 0.287 e. The van der Waals surface area contributed by atoms with Crippen molar-refractivity contribution >= 4 is 16.8 Å². The standard InChI is InChI=1S/C14H14N4O2/c1-9-3-2-4-13-11(9)5-6-18(13)8-10-7-12(17-20-10)14(19)16-15/h2-7H,8,15H2,1H3,(H,16,19). The van der Waals surface area contributed by atoms with Crippen LogP contribution in [0.25, 0.3) is 10.9 Å². The fourth-order valence-electron chi connectivity index (χ4n) is 2.25. The average Bonchev–Trinajstić information content (AvgIpc) is 3.07. The number of nitrogens with one attached hydrogen (secondary N) is 1. The van der Waals surface area contributed by atoms with Crippen LogP contribution >= 0.6 is 0 Å². The minimum atomic E-state index is -0.465. The van der Waals surface area contributed by atoms with Crippen LogP contribution in [-0.2, 0) is 6.54 Å². The summed E-state index contributed by atoms with van der Waals surface area (Å²) in [6.07, 6.45) is 1.99. The van der Waals surface area contributed by atoms with E-state index in [0.717, 1.165) is 5.52 Å². The Bertz CT molecular complexity index is 772. The number of nitrogens with two attached hydrogens (primary N) is 1. The van der Waals surface area contributed by atoms with Crippen molar-refractivity contribution < 1.29 is 9.32 Å². The minimum Gasteiger partial charge on any atom is -0.359 e. The number of fused-ring (bicyclic) bond motifs is 1. The predicted molar refractivity (Wildman–Crippen MR) is 73.9 cm³/mol. The second kappa shape index (κ2) is 4.82. The molecular weight excluding hydrogens is 256 g/mol. The first-order valence-corrected chi connectivity index (χ1v) is 6.20. The highest BCUT2D eigenvalue weighted by Crippen LogP contribution is 2.20.